The van der Waals surface area contributed by atoms with Crippen LogP contribution in [0.15, 0.2) is 48.5 Å². The number of rotatable bonds is 4. The number of nitrogens with one attached hydrogen (secondary N) is 2. The lowest BCUT2D eigenvalue weighted by Gasteiger charge is -2.11. The number of aryl methyl sites for hydroxylation is 1. The van der Waals surface area contributed by atoms with Gasteiger partial charge in [-0.15, -0.1) is 0 Å². The van der Waals surface area contributed by atoms with Crippen LogP contribution in [0.5, 0.6) is 0 Å². The second kappa shape index (κ2) is 6.80. The van der Waals surface area contributed by atoms with Crippen LogP contribution in [0.25, 0.3) is 0 Å². The number of nitrogens with zero attached hydrogens (tertiary/aromatic N) is 2. The first-order chi connectivity index (χ1) is 11.5. The fraction of sp³-hybridized carbons (Fsp3) is 0.0588. The van der Waals surface area contributed by atoms with E-state index in [1.165, 1.54) is 18.2 Å². The molecule has 0 aliphatic heterocycles. The molecule has 0 aliphatic rings. The molecular weight excluding hydrogens is 334 g/mol. The molecule has 2 N–H and O–H groups in total. The molecule has 0 saturated heterocycles. The third-order valence-corrected chi connectivity index (χ3v) is 3.52. The van der Waals surface area contributed by atoms with Gasteiger partial charge >= 0.3 is 0 Å². The summed E-state index contributed by atoms with van der Waals surface area (Å²) in [5.41, 5.74) is 0.992. The first-order valence-electron chi connectivity index (χ1n) is 7.11. The van der Waals surface area contributed by atoms with E-state index in [4.69, 9.17) is 11.6 Å². The predicted molar refractivity (Wildman–Crippen MR) is 91.1 cm³/mol. The van der Waals surface area contributed by atoms with E-state index in [1.807, 2.05) is 6.07 Å². The van der Waals surface area contributed by atoms with E-state index in [0.29, 0.717) is 16.4 Å². The van der Waals surface area contributed by atoms with Gasteiger partial charge in [0.1, 0.15) is 23.1 Å². The molecule has 0 saturated carbocycles. The molecule has 0 fully saturated rings. The molecule has 0 atom stereocenters. The second-order valence-electron chi connectivity index (χ2n) is 5.04. The number of hydrogen-bond acceptors (Lipinski definition) is 4. The van der Waals surface area contributed by atoms with Gasteiger partial charge in [0.2, 0.25) is 5.95 Å². The predicted octanol–water partition coefficient (Wildman–Crippen LogP) is 5.20. The lowest BCUT2D eigenvalue weighted by Crippen LogP contribution is -2.04. The van der Waals surface area contributed by atoms with Gasteiger partial charge in [-0.25, -0.2) is 13.8 Å². The minimum absolute atomic E-state index is 0.265. The molecule has 3 aromatic rings. The summed E-state index contributed by atoms with van der Waals surface area (Å²) in [6.45, 7) is 1.75. The van der Waals surface area contributed by atoms with Crippen LogP contribution in [0.1, 0.15) is 5.69 Å². The summed E-state index contributed by atoms with van der Waals surface area (Å²) < 4.78 is 27.5. The number of anilines is 4. The third-order valence-electron chi connectivity index (χ3n) is 3.19. The van der Waals surface area contributed by atoms with Gasteiger partial charge in [0.05, 0.1) is 10.7 Å². The molecule has 122 valence electrons. The Bertz CT molecular complexity index is 866. The van der Waals surface area contributed by atoms with Crippen molar-refractivity contribution in [1.82, 2.24) is 9.97 Å². The minimum Gasteiger partial charge on any atom is -0.335 e. The average Bonchev–Trinajstić information content (AvgIpc) is 2.53. The van der Waals surface area contributed by atoms with Crippen molar-refractivity contribution in [3.05, 3.63) is 70.9 Å². The van der Waals surface area contributed by atoms with Gasteiger partial charge in [0.25, 0.3) is 0 Å². The first kappa shape index (κ1) is 16.1. The molecule has 7 heteroatoms. The standard InChI is InChI=1S/C17H13ClF2N4/c1-10-9-15(23-16-12(19)6-4-7-13(16)20)24-17(21-10)22-14-8-3-2-5-11(14)18/h2-9H,1H3,(H2,21,22,23,24). The van der Waals surface area contributed by atoms with Crippen molar-refractivity contribution < 1.29 is 8.78 Å². The monoisotopic (exact) mass is 346 g/mol. The molecule has 3 rings (SSSR count). The quantitative estimate of drug-likeness (QED) is 0.681. The van der Waals surface area contributed by atoms with Crippen LogP contribution in [0, 0.1) is 18.6 Å². The smallest absolute Gasteiger partial charge is 0.229 e. The lowest BCUT2D eigenvalue weighted by molar-refractivity contribution is 0.590. The van der Waals surface area contributed by atoms with Crippen LogP contribution in [-0.2, 0) is 0 Å². The fourth-order valence-electron chi connectivity index (χ4n) is 2.12. The molecule has 0 amide bonds. The summed E-state index contributed by atoms with van der Waals surface area (Å²) in [7, 11) is 0. The van der Waals surface area contributed by atoms with Crippen molar-refractivity contribution in [2.45, 2.75) is 6.92 Å². The summed E-state index contributed by atoms with van der Waals surface area (Å²) >= 11 is 6.09. The number of halogens is 3. The van der Waals surface area contributed by atoms with Gasteiger partial charge in [-0.05, 0) is 31.2 Å². The highest BCUT2D eigenvalue weighted by atomic mass is 35.5. The number of benzene rings is 2. The normalized spacial score (nSPS) is 10.5. The van der Waals surface area contributed by atoms with Crippen molar-refractivity contribution in [2.75, 3.05) is 10.6 Å². The minimum atomic E-state index is -0.702. The van der Waals surface area contributed by atoms with Crippen molar-refractivity contribution in [2.24, 2.45) is 0 Å². The Hall–Kier alpha value is -2.73. The van der Waals surface area contributed by atoms with E-state index < -0.39 is 11.6 Å². The molecule has 1 aromatic heterocycles. The molecule has 1 heterocycles. The Morgan fingerprint density at radius 3 is 2.33 bits per heavy atom. The molecule has 0 unspecified atom stereocenters. The van der Waals surface area contributed by atoms with Crippen molar-refractivity contribution in [1.29, 1.82) is 0 Å². The van der Waals surface area contributed by atoms with E-state index in [0.717, 1.165) is 0 Å². The highest BCUT2D eigenvalue weighted by Crippen LogP contribution is 2.26. The van der Waals surface area contributed by atoms with Crippen LogP contribution in [0.2, 0.25) is 5.02 Å². The summed E-state index contributed by atoms with van der Waals surface area (Å²) in [4.78, 5) is 8.47. The zero-order valence-corrected chi connectivity index (χ0v) is 13.4. The molecule has 24 heavy (non-hydrogen) atoms. The van der Waals surface area contributed by atoms with Gasteiger partial charge in [-0.3, -0.25) is 0 Å². The van der Waals surface area contributed by atoms with Crippen LogP contribution in [0.4, 0.5) is 31.9 Å². The molecule has 2 aromatic carbocycles. The molecule has 0 bridgehead atoms. The largest absolute Gasteiger partial charge is 0.335 e. The van der Waals surface area contributed by atoms with Crippen molar-refractivity contribution in [3.63, 3.8) is 0 Å². The maximum atomic E-state index is 13.8. The zero-order valence-electron chi connectivity index (χ0n) is 12.6. The Balaban J connectivity index is 1.91. The number of aromatic nitrogens is 2. The summed E-state index contributed by atoms with van der Waals surface area (Å²) in [6, 6.07) is 12.3. The van der Waals surface area contributed by atoms with Gasteiger partial charge in [-0.2, -0.15) is 4.98 Å². The summed E-state index contributed by atoms with van der Waals surface area (Å²) in [6.07, 6.45) is 0. The van der Waals surface area contributed by atoms with Gasteiger partial charge in [0.15, 0.2) is 0 Å². The number of hydrogen-bond donors (Lipinski definition) is 2. The molecular formula is C17H13ClF2N4. The van der Waals surface area contributed by atoms with Crippen LogP contribution in [-0.4, -0.2) is 9.97 Å². The SMILES string of the molecule is Cc1cc(Nc2c(F)cccc2F)nc(Nc2ccccc2Cl)n1. The lowest BCUT2D eigenvalue weighted by atomic mass is 10.3. The Labute approximate surface area is 142 Å². The highest BCUT2D eigenvalue weighted by Gasteiger charge is 2.11. The van der Waals surface area contributed by atoms with Gasteiger partial charge < -0.3 is 10.6 Å². The van der Waals surface area contributed by atoms with E-state index in [1.54, 1.807) is 31.2 Å². The fourth-order valence-corrected chi connectivity index (χ4v) is 2.30. The van der Waals surface area contributed by atoms with Crippen molar-refractivity contribution in [3.8, 4) is 0 Å². The third kappa shape index (κ3) is 3.60. The van der Waals surface area contributed by atoms with Gasteiger partial charge in [0, 0.05) is 11.8 Å². The van der Waals surface area contributed by atoms with E-state index >= 15 is 0 Å². The highest BCUT2D eigenvalue weighted by molar-refractivity contribution is 6.33. The number of para-hydroxylation sites is 2. The van der Waals surface area contributed by atoms with Gasteiger partial charge in [-0.1, -0.05) is 29.8 Å². The Morgan fingerprint density at radius 1 is 0.917 bits per heavy atom. The zero-order chi connectivity index (χ0) is 17.1. The van der Waals surface area contributed by atoms with Crippen LogP contribution < -0.4 is 10.6 Å². The van der Waals surface area contributed by atoms with Crippen LogP contribution in [0.3, 0.4) is 0 Å². The van der Waals surface area contributed by atoms with E-state index in [9.17, 15) is 8.78 Å². The average molecular weight is 347 g/mol. The molecule has 0 spiro atoms. The topological polar surface area (TPSA) is 49.8 Å². The summed E-state index contributed by atoms with van der Waals surface area (Å²) in [5, 5.41) is 6.15. The second-order valence-corrected chi connectivity index (χ2v) is 5.45. The van der Waals surface area contributed by atoms with E-state index in [-0.39, 0.29) is 17.5 Å². The Morgan fingerprint density at radius 2 is 1.62 bits per heavy atom. The molecule has 4 nitrogen and oxygen atoms in total. The maximum Gasteiger partial charge on any atom is 0.229 e. The van der Waals surface area contributed by atoms with E-state index in [2.05, 4.69) is 20.6 Å². The Kier molecular flexibility index (Phi) is 4.57. The molecule has 0 aliphatic carbocycles. The first-order valence-corrected chi connectivity index (χ1v) is 7.49. The van der Waals surface area contributed by atoms with Crippen LogP contribution >= 0.6 is 11.6 Å². The van der Waals surface area contributed by atoms with Crippen molar-refractivity contribution >= 4 is 34.7 Å². The summed E-state index contributed by atoms with van der Waals surface area (Å²) in [5.74, 6) is -0.873. The maximum absolute atomic E-state index is 13.8. The molecule has 0 radical (unpaired) electrons.